The molecule has 1 saturated heterocycles. The van der Waals surface area contributed by atoms with Crippen LogP contribution in [0, 0.1) is 0 Å². The zero-order valence-electron chi connectivity index (χ0n) is 57.7. The number of thiophene rings is 4. The van der Waals surface area contributed by atoms with Crippen molar-refractivity contribution in [2.24, 2.45) is 0 Å². The van der Waals surface area contributed by atoms with Gasteiger partial charge in [-0.1, -0.05) is 242 Å². The second-order valence-electron chi connectivity index (χ2n) is 27.3. The Morgan fingerprint density at radius 2 is 0.651 bits per heavy atom. The SMILES string of the molecule is CC1(C)OB(c2cccc(-c3ccc(-c4nc(-c5ccccc5)c5sc6ccccc6c5n4)cc3)c2)OC1(C)C.Clc1ccc2nc3sc4ccccc4c3nc2c1.c1ccc(-c2nc(-c3ccc(-c4cccc(-c5ccc6nc7sc8ccccc8c7nc6c5)c4)cc3)nc3c2sc2ccccc23)cc1. The molecule has 1 aliphatic heterocycles. The maximum atomic E-state index is 6.29. The van der Waals surface area contributed by atoms with E-state index in [1.54, 1.807) is 45.3 Å². The summed E-state index contributed by atoms with van der Waals surface area (Å²) in [6, 6.07) is 101. The first-order valence-corrected chi connectivity index (χ1v) is 38.6. The van der Waals surface area contributed by atoms with E-state index in [4.69, 9.17) is 55.8 Å². The molecule has 12 aromatic carbocycles. The molecular formula is C90H60BClN8O2S4. The Balaban J connectivity index is 0.000000119. The van der Waals surface area contributed by atoms with Gasteiger partial charge in [0.05, 0.1) is 65.1 Å². The average molecular weight is 1460 g/mol. The highest BCUT2D eigenvalue weighted by Crippen LogP contribution is 2.44. The summed E-state index contributed by atoms with van der Waals surface area (Å²) in [5.41, 5.74) is 20.7. The third kappa shape index (κ3) is 12.1. The molecule has 0 spiro atoms. The average Bonchev–Trinajstić information content (AvgIpc) is 1.59. The van der Waals surface area contributed by atoms with Crippen molar-refractivity contribution in [2.45, 2.75) is 38.9 Å². The second kappa shape index (κ2) is 26.7. The van der Waals surface area contributed by atoms with Crippen molar-refractivity contribution >= 4 is 173 Å². The van der Waals surface area contributed by atoms with Crippen LogP contribution in [0.15, 0.2) is 291 Å². The highest BCUT2D eigenvalue weighted by atomic mass is 35.5. The lowest BCUT2D eigenvalue weighted by atomic mass is 9.78. The lowest BCUT2D eigenvalue weighted by Crippen LogP contribution is -2.41. The van der Waals surface area contributed by atoms with Gasteiger partial charge in [-0.3, -0.25) is 0 Å². The fraction of sp³-hybridized carbons (Fsp3) is 0.0667. The molecule has 21 rings (SSSR count). The summed E-state index contributed by atoms with van der Waals surface area (Å²) < 4.78 is 19.7. The van der Waals surface area contributed by atoms with E-state index in [1.807, 2.05) is 42.5 Å². The van der Waals surface area contributed by atoms with Gasteiger partial charge in [-0.2, -0.15) is 0 Å². The molecule has 0 bridgehead atoms. The van der Waals surface area contributed by atoms with Crippen LogP contribution in [0.5, 0.6) is 0 Å². The van der Waals surface area contributed by atoms with E-state index >= 15 is 0 Å². The number of benzene rings is 12. The van der Waals surface area contributed by atoms with E-state index < -0.39 is 0 Å². The molecule has 8 aromatic heterocycles. The molecule has 0 atom stereocenters. The molecule has 20 aromatic rings. The molecule has 9 heterocycles. The molecule has 1 aliphatic rings. The third-order valence-electron chi connectivity index (χ3n) is 20.0. The Bertz CT molecular complexity index is 6810. The highest BCUT2D eigenvalue weighted by molar-refractivity contribution is 7.27. The van der Waals surface area contributed by atoms with Gasteiger partial charge in [-0.15, -0.1) is 45.3 Å². The third-order valence-corrected chi connectivity index (χ3v) is 24.7. The molecular weight excluding hydrogens is 1400 g/mol. The van der Waals surface area contributed by atoms with E-state index in [0.29, 0.717) is 5.02 Å². The lowest BCUT2D eigenvalue weighted by molar-refractivity contribution is 0.00578. The minimum atomic E-state index is -0.388. The summed E-state index contributed by atoms with van der Waals surface area (Å²) >= 11 is 12.9. The topological polar surface area (TPSA) is 122 Å². The molecule has 106 heavy (non-hydrogen) atoms. The van der Waals surface area contributed by atoms with Crippen LogP contribution < -0.4 is 5.46 Å². The lowest BCUT2D eigenvalue weighted by Gasteiger charge is -2.32. The Morgan fingerprint density at radius 1 is 0.283 bits per heavy atom. The molecule has 10 nitrogen and oxygen atoms in total. The van der Waals surface area contributed by atoms with Crippen molar-refractivity contribution in [1.29, 1.82) is 0 Å². The molecule has 0 amide bonds. The number of halogens is 1. The van der Waals surface area contributed by atoms with Crippen molar-refractivity contribution in [3.05, 3.63) is 296 Å². The zero-order chi connectivity index (χ0) is 71.2. The van der Waals surface area contributed by atoms with Gasteiger partial charge in [0.2, 0.25) is 0 Å². The Kier molecular flexibility index (Phi) is 16.4. The summed E-state index contributed by atoms with van der Waals surface area (Å²) in [4.78, 5) is 41.8. The molecule has 0 N–H and O–H groups in total. The minimum Gasteiger partial charge on any atom is -0.399 e. The van der Waals surface area contributed by atoms with Gasteiger partial charge in [0, 0.05) is 67.6 Å². The van der Waals surface area contributed by atoms with Gasteiger partial charge < -0.3 is 9.31 Å². The van der Waals surface area contributed by atoms with Crippen LogP contribution in [0.25, 0.3) is 182 Å². The largest absolute Gasteiger partial charge is 0.494 e. The van der Waals surface area contributed by atoms with Crippen LogP contribution >= 0.6 is 56.9 Å². The number of hydrogen-bond donors (Lipinski definition) is 0. The predicted octanol–water partition coefficient (Wildman–Crippen LogP) is 24.6. The number of aromatic nitrogens is 8. The summed E-state index contributed by atoms with van der Waals surface area (Å²) in [5, 5.41) is 5.34. The van der Waals surface area contributed by atoms with Crippen LogP contribution in [0.3, 0.4) is 0 Å². The molecule has 0 unspecified atom stereocenters. The van der Waals surface area contributed by atoms with Crippen LogP contribution in [0.1, 0.15) is 27.7 Å². The quantitative estimate of drug-likeness (QED) is 0.136. The van der Waals surface area contributed by atoms with Crippen molar-refractivity contribution in [1.82, 2.24) is 39.9 Å². The fourth-order valence-corrected chi connectivity index (χ4v) is 18.3. The molecule has 1 fully saturated rings. The van der Waals surface area contributed by atoms with E-state index in [1.165, 1.54) is 29.6 Å². The van der Waals surface area contributed by atoms with Gasteiger partial charge in [0.25, 0.3) is 0 Å². The summed E-state index contributed by atoms with van der Waals surface area (Å²) in [5.74, 6) is 1.46. The fourth-order valence-electron chi connectivity index (χ4n) is 13.8. The van der Waals surface area contributed by atoms with Crippen LogP contribution in [-0.2, 0) is 9.31 Å². The van der Waals surface area contributed by atoms with Gasteiger partial charge in [0.15, 0.2) is 11.6 Å². The molecule has 0 aliphatic carbocycles. The molecule has 506 valence electrons. The maximum absolute atomic E-state index is 6.29. The van der Waals surface area contributed by atoms with Crippen molar-refractivity contribution in [3.63, 3.8) is 0 Å². The Hall–Kier alpha value is -11.4. The number of fused-ring (bicyclic) bond motifs is 14. The van der Waals surface area contributed by atoms with E-state index in [9.17, 15) is 0 Å². The number of hydrogen-bond acceptors (Lipinski definition) is 14. The van der Waals surface area contributed by atoms with Crippen LogP contribution in [0.4, 0.5) is 0 Å². The summed E-state index contributed by atoms with van der Waals surface area (Å²) in [7, 11) is -0.388. The predicted molar refractivity (Wildman–Crippen MR) is 447 cm³/mol. The van der Waals surface area contributed by atoms with Crippen molar-refractivity contribution in [3.8, 4) is 78.7 Å². The summed E-state index contributed by atoms with van der Waals surface area (Å²) in [6.07, 6.45) is 0. The first-order chi connectivity index (χ1) is 51.8. The van der Waals surface area contributed by atoms with Crippen molar-refractivity contribution < 1.29 is 9.31 Å². The second-order valence-corrected chi connectivity index (χ2v) is 31.9. The van der Waals surface area contributed by atoms with Crippen LogP contribution in [-0.4, -0.2) is 58.2 Å². The van der Waals surface area contributed by atoms with E-state index in [-0.39, 0.29) is 18.3 Å². The highest BCUT2D eigenvalue weighted by Gasteiger charge is 2.51. The van der Waals surface area contributed by atoms with Gasteiger partial charge >= 0.3 is 7.12 Å². The molecule has 0 saturated carbocycles. The number of rotatable bonds is 8. The van der Waals surface area contributed by atoms with Gasteiger partial charge in [-0.05, 0) is 127 Å². The van der Waals surface area contributed by atoms with Crippen molar-refractivity contribution in [2.75, 3.05) is 0 Å². The van der Waals surface area contributed by atoms with E-state index in [2.05, 4.69) is 281 Å². The monoisotopic (exact) mass is 1460 g/mol. The zero-order valence-corrected chi connectivity index (χ0v) is 61.7. The maximum Gasteiger partial charge on any atom is 0.494 e. The first-order valence-electron chi connectivity index (χ1n) is 35.0. The van der Waals surface area contributed by atoms with Gasteiger partial charge in [0.1, 0.15) is 20.7 Å². The smallest absolute Gasteiger partial charge is 0.399 e. The number of nitrogens with zero attached hydrogens (tertiary/aromatic N) is 8. The van der Waals surface area contributed by atoms with Crippen LogP contribution in [0.2, 0.25) is 5.02 Å². The Morgan fingerprint density at radius 3 is 1.14 bits per heavy atom. The standard InChI is InChI=1S/C42H24N4S2.C34H29BN2O2S.C14H7ClN2S/c1-2-9-26(10-3-1)37-40-38(31-13-4-6-15-35(31)47-40)46-41(45-37)27-19-17-25(18-20-27)28-11-8-12-29(23-28)30-21-22-33-34(24-30)43-39-32-14-5-7-16-36(32)48-42(39)44-33;1-33(2)34(3,4)39-35(38-33)26-14-10-13-25(21-26)22-17-19-24(20-18-22)32-36-29(23-11-6-5-7-12-23)31-30(37-32)27-15-8-9-16-28(27)40-31;15-8-5-6-10-11(7-8)16-13-9-3-1-2-4-12(9)18-14(13)17-10/h1-24H;5-21H,1-4H3;1-7H. The van der Waals surface area contributed by atoms with Gasteiger partial charge in [-0.25, -0.2) is 39.9 Å². The minimum absolute atomic E-state index is 0.372. The normalized spacial score (nSPS) is 13.4. The summed E-state index contributed by atoms with van der Waals surface area (Å²) in [6.45, 7) is 8.32. The molecule has 0 radical (unpaired) electrons. The first kappa shape index (κ1) is 65.4. The van der Waals surface area contributed by atoms with E-state index in [0.717, 1.165) is 158 Å². The molecule has 16 heteroatoms. The Labute approximate surface area is 631 Å².